The number of thiophene rings is 1. The van der Waals surface area contributed by atoms with Gasteiger partial charge in [-0.1, -0.05) is 5.16 Å². The van der Waals surface area contributed by atoms with Crippen molar-refractivity contribution in [3.05, 3.63) is 51.7 Å². The smallest absolute Gasteiger partial charge is 0.437 e. The van der Waals surface area contributed by atoms with E-state index in [1.54, 1.807) is 12.1 Å². The fourth-order valence-corrected chi connectivity index (χ4v) is 2.50. The molecule has 0 amide bonds. The zero-order valence-corrected chi connectivity index (χ0v) is 11.8. The van der Waals surface area contributed by atoms with Gasteiger partial charge in [-0.2, -0.15) is 21.0 Å². The van der Waals surface area contributed by atoms with Crippen molar-refractivity contribution in [2.24, 2.45) is 0 Å². The number of hydrogen-bond acceptors (Lipinski definition) is 8. The van der Waals surface area contributed by atoms with E-state index in [1.165, 1.54) is 17.6 Å². The van der Waals surface area contributed by atoms with Crippen LogP contribution in [0.15, 0.2) is 53.4 Å². The summed E-state index contributed by atoms with van der Waals surface area (Å²) in [7, 11) is 0. The van der Waals surface area contributed by atoms with Crippen LogP contribution in [0.5, 0.6) is 0 Å². The summed E-state index contributed by atoms with van der Waals surface area (Å²) < 4.78 is 16.4. The molecule has 0 N–H and O–H groups in total. The first-order chi connectivity index (χ1) is 10.8. The van der Waals surface area contributed by atoms with Gasteiger partial charge in [0, 0.05) is 10.9 Å². The number of aromatic nitrogens is 4. The van der Waals surface area contributed by atoms with E-state index in [2.05, 4.69) is 15.2 Å². The first-order valence-electron chi connectivity index (χ1n) is 6.26. The lowest BCUT2D eigenvalue weighted by atomic mass is 10.3. The first kappa shape index (κ1) is 12.8. The Morgan fingerprint density at radius 2 is 2.27 bits per heavy atom. The monoisotopic (exact) mass is 316 g/mol. The van der Waals surface area contributed by atoms with E-state index < -0.39 is 5.76 Å². The molecule has 4 heterocycles. The lowest BCUT2D eigenvalue weighted by Crippen LogP contribution is -2.16. The van der Waals surface area contributed by atoms with E-state index >= 15 is 0 Å². The third kappa shape index (κ3) is 2.27. The number of furan rings is 1. The summed E-state index contributed by atoms with van der Waals surface area (Å²) in [4.78, 5) is 16.0. The minimum atomic E-state index is -0.623. The van der Waals surface area contributed by atoms with Crippen LogP contribution >= 0.6 is 11.3 Å². The second kappa shape index (κ2) is 5.11. The van der Waals surface area contributed by atoms with Gasteiger partial charge in [-0.05, 0) is 23.6 Å². The fraction of sp³-hybridized carbons (Fsp3) is 0.0769. The molecule has 0 bridgehead atoms. The number of rotatable bonds is 4. The van der Waals surface area contributed by atoms with Crippen molar-refractivity contribution in [3.8, 4) is 23.0 Å². The van der Waals surface area contributed by atoms with E-state index in [0.717, 1.165) is 10.2 Å². The predicted molar refractivity (Wildman–Crippen MR) is 75.2 cm³/mol. The maximum atomic E-state index is 11.8. The van der Waals surface area contributed by atoms with E-state index in [1.807, 2.05) is 16.8 Å². The van der Waals surface area contributed by atoms with Gasteiger partial charge in [0.05, 0.1) is 6.26 Å². The second-order valence-corrected chi connectivity index (χ2v) is 5.11. The van der Waals surface area contributed by atoms with Gasteiger partial charge < -0.3 is 13.4 Å². The fourth-order valence-electron chi connectivity index (χ4n) is 1.86. The third-order valence-electron chi connectivity index (χ3n) is 2.87. The number of nitrogens with zero attached hydrogens (tertiary/aromatic N) is 4. The summed E-state index contributed by atoms with van der Waals surface area (Å²) in [5.74, 6) is 0.594. The van der Waals surface area contributed by atoms with Crippen LogP contribution in [0.1, 0.15) is 5.89 Å². The highest BCUT2D eigenvalue weighted by Gasteiger charge is 2.16. The highest BCUT2D eigenvalue weighted by molar-refractivity contribution is 7.08. The topological polar surface area (TPSA) is 100 Å². The van der Waals surface area contributed by atoms with Gasteiger partial charge in [-0.3, -0.25) is 0 Å². The molecule has 8 nitrogen and oxygen atoms in total. The van der Waals surface area contributed by atoms with Gasteiger partial charge in [-0.25, -0.2) is 4.79 Å². The molecule has 9 heteroatoms. The van der Waals surface area contributed by atoms with Crippen molar-refractivity contribution >= 4 is 11.3 Å². The zero-order valence-electron chi connectivity index (χ0n) is 11.0. The van der Waals surface area contributed by atoms with E-state index in [9.17, 15) is 4.79 Å². The molecule has 22 heavy (non-hydrogen) atoms. The van der Waals surface area contributed by atoms with Crippen LogP contribution in [0, 0.1) is 0 Å². The molecule has 0 aliphatic rings. The van der Waals surface area contributed by atoms with Crippen LogP contribution in [0.25, 0.3) is 23.0 Å². The van der Waals surface area contributed by atoms with Crippen LogP contribution in [0.2, 0.25) is 0 Å². The lowest BCUT2D eigenvalue weighted by Gasteiger charge is -1.90. The summed E-state index contributed by atoms with van der Waals surface area (Å²) in [6.07, 6.45) is 1.47. The standard InChI is InChI=1S/C13H8N4O4S/c18-13-17(15-12(20-13)9-2-1-4-19-9)6-10-14-11(16-21-10)8-3-5-22-7-8/h1-5,7H,6H2. The molecule has 0 saturated heterocycles. The third-order valence-corrected chi connectivity index (χ3v) is 3.55. The molecule has 0 aromatic carbocycles. The molecule has 0 saturated carbocycles. The molecule has 0 fully saturated rings. The summed E-state index contributed by atoms with van der Waals surface area (Å²) in [6.45, 7) is 0.0280. The Hall–Kier alpha value is -2.94. The van der Waals surface area contributed by atoms with Crippen LogP contribution in [0.4, 0.5) is 0 Å². The minimum Gasteiger partial charge on any atom is -0.459 e. The maximum absolute atomic E-state index is 11.8. The Balaban J connectivity index is 1.60. The zero-order chi connectivity index (χ0) is 14.9. The SMILES string of the molecule is O=c1oc(-c2ccco2)nn1Cc1nc(-c2ccsc2)no1. The highest BCUT2D eigenvalue weighted by atomic mass is 32.1. The van der Waals surface area contributed by atoms with Gasteiger partial charge in [0.1, 0.15) is 6.54 Å². The molecular formula is C13H8N4O4S. The summed E-state index contributed by atoms with van der Waals surface area (Å²) in [6, 6.07) is 5.22. The predicted octanol–water partition coefficient (Wildman–Crippen LogP) is 2.26. The molecular weight excluding hydrogens is 308 g/mol. The van der Waals surface area contributed by atoms with Crippen LogP contribution in [-0.2, 0) is 6.54 Å². The van der Waals surface area contributed by atoms with Gasteiger partial charge in [-0.15, -0.1) is 5.10 Å². The minimum absolute atomic E-state index is 0.0280. The Bertz CT molecular complexity index is 933. The normalized spacial score (nSPS) is 11.1. The van der Waals surface area contributed by atoms with Crippen molar-refractivity contribution in [1.82, 2.24) is 19.9 Å². The van der Waals surface area contributed by atoms with E-state index in [0.29, 0.717) is 11.6 Å². The molecule has 0 radical (unpaired) electrons. The Morgan fingerprint density at radius 1 is 1.32 bits per heavy atom. The summed E-state index contributed by atoms with van der Waals surface area (Å²) in [5.41, 5.74) is 0.865. The molecule has 0 unspecified atom stereocenters. The lowest BCUT2D eigenvalue weighted by molar-refractivity contribution is 0.360. The molecule has 0 atom stereocenters. The Morgan fingerprint density at radius 3 is 3.05 bits per heavy atom. The molecule has 0 aliphatic heterocycles. The van der Waals surface area contributed by atoms with Crippen LogP contribution < -0.4 is 5.76 Å². The van der Waals surface area contributed by atoms with Crippen molar-refractivity contribution < 1.29 is 13.4 Å². The highest BCUT2D eigenvalue weighted by Crippen LogP contribution is 2.19. The second-order valence-electron chi connectivity index (χ2n) is 4.33. The largest absolute Gasteiger partial charge is 0.459 e. The van der Waals surface area contributed by atoms with Crippen molar-refractivity contribution in [2.45, 2.75) is 6.54 Å². The first-order valence-corrected chi connectivity index (χ1v) is 7.21. The average Bonchev–Trinajstić information content (AvgIpc) is 3.28. The van der Waals surface area contributed by atoms with Gasteiger partial charge >= 0.3 is 5.76 Å². The van der Waals surface area contributed by atoms with Crippen LogP contribution in [-0.4, -0.2) is 19.9 Å². The molecule has 110 valence electrons. The summed E-state index contributed by atoms with van der Waals surface area (Å²) in [5, 5.41) is 11.7. The quantitative estimate of drug-likeness (QED) is 0.569. The average molecular weight is 316 g/mol. The van der Waals surface area contributed by atoms with E-state index in [-0.39, 0.29) is 18.3 Å². The van der Waals surface area contributed by atoms with Gasteiger partial charge in [0.15, 0.2) is 5.76 Å². The van der Waals surface area contributed by atoms with Crippen molar-refractivity contribution in [1.29, 1.82) is 0 Å². The van der Waals surface area contributed by atoms with Gasteiger partial charge in [0.25, 0.3) is 5.89 Å². The molecule has 4 rings (SSSR count). The Labute approximate surface area is 126 Å². The van der Waals surface area contributed by atoms with E-state index in [4.69, 9.17) is 13.4 Å². The number of hydrogen-bond donors (Lipinski definition) is 0. The molecule has 0 spiro atoms. The van der Waals surface area contributed by atoms with Crippen molar-refractivity contribution in [2.75, 3.05) is 0 Å². The molecule has 4 aromatic rings. The summed E-state index contributed by atoms with van der Waals surface area (Å²) >= 11 is 1.54. The van der Waals surface area contributed by atoms with Crippen LogP contribution in [0.3, 0.4) is 0 Å². The molecule has 4 aromatic heterocycles. The van der Waals surface area contributed by atoms with Crippen molar-refractivity contribution in [3.63, 3.8) is 0 Å². The van der Waals surface area contributed by atoms with Gasteiger partial charge in [0.2, 0.25) is 11.7 Å². The Kier molecular flexibility index (Phi) is 2.97. The maximum Gasteiger partial charge on any atom is 0.437 e. The molecule has 0 aliphatic carbocycles.